The van der Waals surface area contributed by atoms with Crippen LogP contribution in [0.4, 0.5) is 4.79 Å². The molecule has 0 bridgehead atoms. The van der Waals surface area contributed by atoms with Crippen LogP contribution < -0.4 is 20.1 Å². The third-order valence-electron chi connectivity index (χ3n) is 4.01. The van der Waals surface area contributed by atoms with Crippen LogP contribution in [0.3, 0.4) is 0 Å². The van der Waals surface area contributed by atoms with Crippen LogP contribution in [-0.2, 0) is 13.1 Å². The van der Waals surface area contributed by atoms with Crippen molar-refractivity contribution in [2.24, 2.45) is 0 Å². The molecule has 2 amide bonds. The maximum absolute atomic E-state index is 12.0. The van der Waals surface area contributed by atoms with E-state index < -0.39 is 0 Å². The molecule has 7 heteroatoms. The summed E-state index contributed by atoms with van der Waals surface area (Å²) in [6.45, 7) is 3.17. The van der Waals surface area contributed by atoms with Crippen LogP contribution >= 0.6 is 11.6 Å². The summed E-state index contributed by atoms with van der Waals surface area (Å²) in [6, 6.07) is 18.1. The lowest BCUT2D eigenvalue weighted by Gasteiger charge is -2.11. The highest BCUT2D eigenvalue weighted by Gasteiger charge is 2.07. The molecular weight excluding hydrogens is 390 g/mol. The number of hydrogen-bond acceptors (Lipinski definition) is 4. The quantitative estimate of drug-likeness (QED) is 0.551. The Morgan fingerprint density at radius 3 is 2.41 bits per heavy atom. The van der Waals surface area contributed by atoms with Gasteiger partial charge in [0.25, 0.3) is 0 Å². The molecule has 0 spiro atoms. The second kappa shape index (κ2) is 10.3. The van der Waals surface area contributed by atoms with Crippen molar-refractivity contribution < 1.29 is 14.3 Å². The molecule has 3 aromatic rings. The first-order chi connectivity index (χ1) is 14.2. The molecule has 0 fully saturated rings. The number of hydrogen-bond donors (Lipinski definition) is 2. The lowest BCUT2D eigenvalue weighted by Crippen LogP contribution is -2.34. The molecule has 0 atom stereocenters. The Bertz CT molecular complexity index is 948. The number of carbonyl (C=O) groups excluding carboxylic acids is 1. The Balaban J connectivity index is 1.49. The van der Waals surface area contributed by atoms with Crippen LogP contribution in [0, 0.1) is 0 Å². The van der Waals surface area contributed by atoms with Crippen molar-refractivity contribution in [3.05, 3.63) is 83.0 Å². The first-order valence-corrected chi connectivity index (χ1v) is 9.63. The summed E-state index contributed by atoms with van der Waals surface area (Å²) in [5.41, 5.74) is 1.71. The highest BCUT2D eigenvalue weighted by molar-refractivity contribution is 6.31. The van der Waals surface area contributed by atoms with Gasteiger partial charge in [0.05, 0.1) is 6.61 Å². The summed E-state index contributed by atoms with van der Waals surface area (Å²) in [4.78, 5) is 16.3. The van der Waals surface area contributed by atoms with Crippen LogP contribution in [0.15, 0.2) is 66.9 Å². The molecule has 1 heterocycles. The molecular formula is C22H22ClN3O3. The standard InChI is InChI=1S/C22H22ClN3O3/c1-2-28-19-9-5-6-10-20(19)29-21-12-11-16(13-24-21)14-25-22(27)26-15-17-7-3-4-8-18(17)23/h3-13H,2,14-15H2,1H3,(H2,25,26,27). The van der Waals surface area contributed by atoms with Gasteiger partial charge in [0, 0.05) is 30.4 Å². The van der Waals surface area contributed by atoms with E-state index in [0.717, 1.165) is 11.1 Å². The van der Waals surface area contributed by atoms with Crippen molar-refractivity contribution in [1.82, 2.24) is 15.6 Å². The summed E-state index contributed by atoms with van der Waals surface area (Å²) in [7, 11) is 0. The Kier molecular flexibility index (Phi) is 7.30. The van der Waals surface area contributed by atoms with Gasteiger partial charge >= 0.3 is 6.03 Å². The van der Waals surface area contributed by atoms with E-state index in [2.05, 4.69) is 15.6 Å². The number of benzene rings is 2. The van der Waals surface area contributed by atoms with E-state index in [1.807, 2.05) is 55.5 Å². The van der Waals surface area contributed by atoms with Gasteiger partial charge in [-0.3, -0.25) is 0 Å². The fraction of sp³-hybridized carbons (Fsp3) is 0.182. The van der Waals surface area contributed by atoms with Crippen molar-refractivity contribution in [3.8, 4) is 17.4 Å². The van der Waals surface area contributed by atoms with E-state index in [1.165, 1.54) is 0 Å². The molecule has 0 saturated heterocycles. The number of halogens is 1. The van der Waals surface area contributed by atoms with Gasteiger partial charge in [0.1, 0.15) is 0 Å². The van der Waals surface area contributed by atoms with E-state index in [-0.39, 0.29) is 6.03 Å². The SMILES string of the molecule is CCOc1ccccc1Oc1ccc(CNC(=O)NCc2ccccc2Cl)cn1. The molecule has 0 radical (unpaired) electrons. The molecule has 0 saturated carbocycles. The van der Waals surface area contributed by atoms with E-state index in [4.69, 9.17) is 21.1 Å². The molecule has 0 aliphatic heterocycles. The number of amides is 2. The van der Waals surface area contributed by atoms with Gasteiger partial charge in [-0.25, -0.2) is 9.78 Å². The minimum absolute atomic E-state index is 0.282. The van der Waals surface area contributed by atoms with Gasteiger partial charge in [0.15, 0.2) is 11.5 Å². The summed E-state index contributed by atoms with van der Waals surface area (Å²) in [5, 5.41) is 6.19. The highest BCUT2D eigenvalue weighted by atomic mass is 35.5. The molecule has 0 aliphatic carbocycles. The second-order valence-corrected chi connectivity index (χ2v) is 6.52. The Morgan fingerprint density at radius 2 is 1.69 bits per heavy atom. The topological polar surface area (TPSA) is 72.5 Å². The van der Waals surface area contributed by atoms with E-state index in [9.17, 15) is 4.79 Å². The Hall–Kier alpha value is -3.25. The average Bonchev–Trinajstić information content (AvgIpc) is 2.74. The van der Waals surface area contributed by atoms with Crippen LogP contribution in [-0.4, -0.2) is 17.6 Å². The minimum Gasteiger partial charge on any atom is -0.490 e. The summed E-state index contributed by atoms with van der Waals surface area (Å²) < 4.78 is 11.3. The number of para-hydroxylation sites is 2. The zero-order valence-electron chi connectivity index (χ0n) is 16.0. The van der Waals surface area contributed by atoms with Crippen LogP contribution in [0.5, 0.6) is 17.4 Å². The van der Waals surface area contributed by atoms with E-state index >= 15 is 0 Å². The number of aromatic nitrogens is 1. The van der Waals surface area contributed by atoms with Crippen molar-refractivity contribution in [1.29, 1.82) is 0 Å². The predicted molar refractivity (Wildman–Crippen MR) is 112 cm³/mol. The molecule has 2 N–H and O–H groups in total. The fourth-order valence-corrected chi connectivity index (χ4v) is 2.76. The maximum atomic E-state index is 12.0. The zero-order chi connectivity index (χ0) is 20.5. The molecule has 2 aromatic carbocycles. The third kappa shape index (κ3) is 6.12. The van der Waals surface area contributed by atoms with Gasteiger partial charge in [-0.15, -0.1) is 0 Å². The third-order valence-corrected chi connectivity index (χ3v) is 4.38. The van der Waals surface area contributed by atoms with Crippen LogP contribution in [0.2, 0.25) is 5.02 Å². The zero-order valence-corrected chi connectivity index (χ0v) is 16.8. The minimum atomic E-state index is -0.282. The van der Waals surface area contributed by atoms with Crippen LogP contribution in [0.25, 0.3) is 0 Å². The largest absolute Gasteiger partial charge is 0.490 e. The van der Waals surface area contributed by atoms with Crippen molar-refractivity contribution >= 4 is 17.6 Å². The lowest BCUT2D eigenvalue weighted by atomic mass is 10.2. The summed E-state index contributed by atoms with van der Waals surface area (Å²) in [5.74, 6) is 1.72. The summed E-state index contributed by atoms with van der Waals surface area (Å²) in [6.07, 6.45) is 1.66. The number of nitrogens with zero attached hydrogens (tertiary/aromatic N) is 1. The van der Waals surface area contributed by atoms with Gasteiger partial charge in [-0.05, 0) is 36.2 Å². The summed E-state index contributed by atoms with van der Waals surface area (Å²) >= 11 is 6.08. The lowest BCUT2D eigenvalue weighted by molar-refractivity contribution is 0.240. The Morgan fingerprint density at radius 1 is 0.966 bits per heavy atom. The first-order valence-electron chi connectivity index (χ1n) is 9.25. The number of urea groups is 1. The molecule has 6 nitrogen and oxygen atoms in total. The molecule has 29 heavy (non-hydrogen) atoms. The normalized spacial score (nSPS) is 10.3. The van der Waals surface area contributed by atoms with E-state index in [0.29, 0.717) is 42.1 Å². The molecule has 150 valence electrons. The second-order valence-electron chi connectivity index (χ2n) is 6.11. The van der Waals surface area contributed by atoms with E-state index in [1.54, 1.807) is 18.3 Å². The maximum Gasteiger partial charge on any atom is 0.315 e. The predicted octanol–water partition coefficient (Wildman–Crippen LogP) is 4.93. The molecule has 0 unspecified atom stereocenters. The number of pyridine rings is 1. The number of carbonyl (C=O) groups is 1. The Labute approximate surface area is 174 Å². The molecule has 1 aromatic heterocycles. The monoisotopic (exact) mass is 411 g/mol. The van der Waals surface area contributed by atoms with Crippen molar-refractivity contribution in [2.45, 2.75) is 20.0 Å². The van der Waals surface area contributed by atoms with Gasteiger partial charge in [0.2, 0.25) is 5.88 Å². The smallest absolute Gasteiger partial charge is 0.315 e. The molecule has 3 rings (SSSR count). The highest BCUT2D eigenvalue weighted by Crippen LogP contribution is 2.30. The average molecular weight is 412 g/mol. The number of nitrogens with one attached hydrogen (secondary N) is 2. The number of rotatable bonds is 8. The van der Waals surface area contributed by atoms with Crippen molar-refractivity contribution in [3.63, 3.8) is 0 Å². The van der Waals surface area contributed by atoms with Gasteiger partial charge in [-0.2, -0.15) is 0 Å². The number of ether oxygens (including phenoxy) is 2. The first kappa shape index (κ1) is 20.5. The fourth-order valence-electron chi connectivity index (χ4n) is 2.56. The molecule has 0 aliphatic rings. The van der Waals surface area contributed by atoms with Gasteiger partial charge < -0.3 is 20.1 Å². The van der Waals surface area contributed by atoms with Crippen molar-refractivity contribution in [2.75, 3.05) is 6.61 Å². The van der Waals surface area contributed by atoms with Crippen LogP contribution in [0.1, 0.15) is 18.1 Å². The van der Waals surface area contributed by atoms with Gasteiger partial charge in [-0.1, -0.05) is 48.0 Å².